The average molecular weight is 496 g/mol. The van der Waals surface area contributed by atoms with Crippen molar-refractivity contribution in [3.05, 3.63) is 52.5 Å². The van der Waals surface area contributed by atoms with Crippen molar-refractivity contribution in [2.24, 2.45) is 0 Å². The van der Waals surface area contributed by atoms with Crippen LogP contribution >= 0.6 is 23.1 Å². The van der Waals surface area contributed by atoms with E-state index in [1.54, 1.807) is 16.2 Å². The number of carbonyl (C=O) groups excluding carboxylic acids is 2. The van der Waals surface area contributed by atoms with Gasteiger partial charge >= 0.3 is 0 Å². The minimum absolute atomic E-state index is 0.0283. The van der Waals surface area contributed by atoms with Crippen LogP contribution in [0.3, 0.4) is 0 Å². The van der Waals surface area contributed by atoms with Crippen molar-refractivity contribution < 1.29 is 9.59 Å². The molecular weight excluding hydrogens is 466 g/mol. The molecule has 1 aliphatic carbocycles. The Balaban J connectivity index is 1.38. The second-order valence-electron chi connectivity index (χ2n) is 8.99. The van der Waals surface area contributed by atoms with Gasteiger partial charge < -0.3 is 14.8 Å². The Morgan fingerprint density at radius 2 is 1.97 bits per heavy atom. The molecule has 1 atom stereocenters. The van der Waals surface area contributed by atoms with Crippen LogP contribution in [0.5, 0.6) is 0 Å². The van der Waals surface area contributed by atoms with Crippen LogP contribution in [0.2, 0.25) is 0 Å². The highest BCUT2D eigenvalue weighted by molar-refractivity contribution is 7.99. The molecule has 1 aliphatic heterocycles. The minimum atomic E-state index is -0.220. The largest absolute Gasteiger partial charge is 0.324 e. The predicted octanol–water partition coefficient (Wildman–Crippen LogP) is 5.29. The first-order valence-corrected chi connectivity index (χ1v) is 13.8. The molecule has 0 unspecified atom stereocenters. The van der Waals surface area contributed by atoms with E-state index in [0.717, 1.165) is 35.9 Å². The van der Waals surface area contributed by atoms with Crippen LogP contribution < -0.4 is 10.2 Å². The number of thiophene rings is 1. The number of carbonyl (C=O) groups is 2. The molecule has 5 rings (SSSR count). The fourth-order valence-electron chi connectivity index (χ4n) is 4.97. The van der Waals surface area contributed by atoms with Crippen LogP contribution in [0, 0.1) is 0 Å². The molecule has 0 spiro atoms. The summed E-state index contributed by atoms with van der Waals surface area (Å²) >= 11 is 3.19. The van der Waals surface area contributed by atoms with E-state index in [0.29, 0.717) is 11.7 Å². The molecule has 9 heteroatoms. The monoisotopic (exact) mass is 495 g/mol. The molecule has 1 aromatic carbocycles. The zero-order valence-electron chi connectivity index (χ0n) is 19.3. The van der Waals surface area contributed by atoms with E-state index in [1.807, 2.05) is 31.2 Å². The van der Waals surface area contributed by atoms with E-state index in [4.69, 9.17) is 0 Å². The second-order valence-corrected chi connectivity index (χ2v) is 11.0. The van der Waals surface area contributed by atoms with Crippen molar-refractivity contribution in [1.29, 1.82) is 0 Å². The number of nitrogens with one attached hydrogen (secondary N) is 1. The lowest BCUT2D eigenvalue weighted by molar-refractivity contribution is -0.117. The second kappa shape index (κ2) is 10.3. The third-order valence-corrected chi connectivity index (χ3v) is 8.34. The van der Waals surface area contributed by atoms with Crippen molar-refractivity contribution >= 4 is 46.3 Å². The number of anilines is 2. The fraction of sp³-hybridized carbons (Fsp3) is 0.440. The predicted molar refractivity (Wildman–Crippen MR) is 137 cm³/mol. The lowest BCUT2D eigenvalue weighted by Gasteiger charge is -2.28. The number of thioether (sulfide) groups is 1. The van der Waals surface area contributed by atoms with Gasteiger partial charge in [0.05, 0.1) is 17.1 Å². The number of fused-ring (bicyclic) bond motifs is 1. The minimum Gasteiger partial charge on any atom is -0.324 e. The van der Waals surface area contributed by atoms with Crippen LogP contribution in [0.1, 0.15) is 62.2 Å². The molecule has 1 N–H and O–H groups in total. The first-order chi connectivity index (χ1) is 16.6. The van der Waals surface area contributed by atoms with Gasteiger partial charge in [0.15, 0.2) is 5.16 Å². The van der Waals surface area contributed by atoms with E-state index in [-0.39, 0.29) is 30.0 Å². The number of nitrogens with zero attached hydrogens (tertiary/aromatic N) is 4. The Labute approximate surface area is 208 Å². The van der Waals surface area contributed by atoms with Crippen LogP contribution in [0.25, 0.3) is 0 Å². The highest BCUT2D eigenvalue weighted by Gasteiger charge is 2.30. The van der Waals surface area contributed by atoms with Crippen LogP contribution in [-0.4, -0.2) is 38.4 Å². The molecule has 3 aromatic rings. The summed E-state index contributed by atoms with van der Waals surface area (Å²) in [6.45, 7) is 1.92. The molecule has 3 heterocycles. The molecule has 2 amide bonds. The van der Waals surface area contributed by atoms with Crippen molar-refractivity contribution in [2.75, 3.05) is 16.0 Å². The van der Waals surface area contributed by atoms with E-state index >= 15 is 0 Å². The van der Waals surface area contributed by atoms with Gasteiger partial charge in [-0.2, -0.15) is 0 Å². The molecule has 2 aliphatic rings. The molecule has 0 bridgehead atoms. The molecule has 7 nitrogen and oxygen atoms in total. The number of hydrogen-bond donors (Lipinski definition) is 1. The maximum atomic E-state index is 13.5. The van der Waals surface area contributed by atoms with Crippen LogP contribution in [0.4, 0.5) is 11.4 Å². The summed E-state index contributed by atoms with van der Waals surface area (Å²) in [6, 6.07) is 11.9. The van der Waals surface area contributed by atoms with E-state index in [9.17, 15) is 9.59 Å². The van der Waals surface area contributed by atoms with Crippen molar-refractivity contribution in [1.82, 2.24) is 14.8 Å². The van der Waals surface area contributed by atoms with Gasteiger partial charge in [0.1, 0.15) is 5.82 Å². The summed E-state index contributed by atoms with van der Waals surface area (Å²) in [6.07, 6.45) is 7.00. The van der Waals surface area contributed by atoms with Crippen molar-refractivity contribution in [3.63, 3.8) is 0 Å². The lowest BCUT2D eigenvalue weighted by atomic mass is 9.95. The molecule has 0 saturated heterocycles. The average Bonchev–Trinajstić information content (AvgIpc) is 3.47. The fourth-order valence-corrected chi connectivity index (χ4v) is 6.55. The van der Waals surface area contributed by atoms with Crippen LogP contribution in [-0.2, 0) is 16.0 Å². The number of para-hydroxylation sites is 2. The van der Waals surface area contributed by atoms with Gasteiger partial charge in [0.25, 0.3) is 0 Å². The maximum absolute atomic E-state index is 13.5. The topological polar surface area (TPSA) is 80.1 Å². The molecule has 1 fully saturated rings. The zero-order chi connectivity index (χ0) is 23.5. The van der Waals surface area contributed by atoms with Gasteiger partial charge in [-0.25, -0.2) is 0 Å². The quantitative estimate of drug-likeness (QED) is 0.470. The number of hydrogen-bond acceptors (Lipinski definition) is 6. The maximum Gasteiger partial charge on any atom is 0.237 e. The molecule has 178 valence electrons. The summed E-state index contributed by atoms with van der Waals surface area (Å²) in [5.74, 6) is 1.13. The number of benzene rings is 1. The number of aromatic nitrogens is 3. The Hall–Kier alpha value is -2.65. The van der Waals surface area contributed by atoms with Crippen molar-refractivity contribution in [2.45, 2.75) is 69.1 Å². The molecule has 1 saturated carbocycles. The van der Waals surface area contributed by atoms with E-state index < -0.39 is 0 Å². The normalized spacial score (nSPS) is 18.9. The number of rotatable bonds is 6. The van der Waals surface area contributed by atoms with Gasteiger partial charge in [-0.3, -0.25) is 9.59 Å². The molecule has 0 radical (unpaired) electrons. The van der Waals surface area contributed by atoms with E-state index in [2.05, 4.69) is 37.6 Å². The molecule has 34 heavy (non-hydrogen) atoms. The van der Waals surface area contributed by atoms with Crippen molar-refractivity contribution in [3.8, 4) is 0 Å². The van der Waals surface area contributed by atoms with Gasteiger partial charge in [-0.15, -0.1) is 21.5 Å². The Bertz CT molecular complexity index is 1150. The SMILES string of the molecule is C[C@H]1CC(=O)Nc2ccccc2N1C(=O)CSc1nnc(Cc2cccs2)n1C1CCCCC1. The van der Waals surface area contributed by atoms with Gasteiger partial charge in [0.2, 0.25) is 11.8 Å². The summed E-state index contributed by atoms with van der Waals surface area (Å²) in [5, 5.41) is 14.9. The summed E-state index contributed by atoms with van der Waals surface area (Å²) in [4.78, 5) is 28.8. The standard InChI is InChI=1S/C25H29N5O2S2/c1-17-14-23(31)26-20-11-5-6-12-21(20)29(17)24(32)16-34-25-28-27-22(15-19-10-7-13-33-19)30(25)18-8-3-2-4-9-18/h5-7,10-13,17-18H,2-4,8-9,14-16H2,1H3,(H,26,31)/t17-/m0/s1. The van der Waals surface area contributed by atoms with Gasteiger partial charge in [-0.1, -0.05) is 49.2 Å². The lowest BCUT2D eigenvalue weighted by Crippen LogP contribution is -2.40. The molecule has 2 aromatic heterocycles. The van der Waals surface area contributed by atoms with Gasteiger partial charge in [0, 0.05) is 29.8 Å². The number of amides is 2. The highest BCUT2D eigenvalue weighted by Crippen LogP contribution is 2.35. The highest BCUT2D eigenvalue weighted by atomic mass is 32.2. The summed E-state index contributed by atoms with van der Waals surface area (Å²) in [7, 11) is 0. The van der Waals surface area contributed by atoms with Gasteiger partial charge in [-0.05, 0) is 43.3 Å². The third-order valence-electron chi connectivity index (χ3n) is 6.54. The summed E-state index contributed by atoms with van der Waals surface area (Å²) in [5.41, 5.74) is 1.43. The Morgan fingerprint density at radius 1 is 1.15 bits per heavy atom. The van der Waals surface area contributed by atoms with E-state index in [1.165, 1.54) is 35.9 Å². The third kappa shape index (κ3) is 4.90. The smallest absolute Gasteiger partial charge is 0.237 e. The first-order valence-electron chi connectivity index (χ1n) is 11.9. The van der Waals surface area contributed by atoms with Crippen LogP contribution in [0.15, 0.2) is 46.9 Å². The Morgan fingerprint density at radius 3 is 2.76 bits per heavy atom. The molecular formula is C25H29N5O2S2. The zero-order valence-corrected chi connectivity index (χ0v) is 20.9. The first kappa shape index (κ1) is 23.1. The Kier molecular flexibility index (Phi) is 7.01. The summed E-state index contributed by atoms with van der Waals surface area (Å²) < 4.78 is 2.29.